The molecule has 1 aliphatic rings. The van der Waals surface area contributed by atoms with E-state index in [1.54, 1.807) is 12.1 Å². The van der Waals surface area contributed by atoms with E-state index < -0.39 is 0 Å². The van der Waals surface area contributed by atoms with Gasteiger partial charge in [-0.2, -0.15) is 0 Å². The Hall–Kier alpha value is -1.26. The molecule has 1 N–H and O–H groups in total. The third-order valence-electron chi connectivity index (χ3n) is 3.32. The molecule has 0 aromatic heterocycles. The molecule has 0 bridgehead atoms. The summed E-state index contributed by atoms with van der Waals surface area (Å²) in [4.78, 5) is 14.5. The standard InChI is InChI=1S/C14H19FN2O/c1-11(10-17-8-6-16-7-9-17)14(18)12-2-4-13(15)5-3-12/h2-5,11,16H,6-10H2,1H3. The third kappa shape index (κ3) is 3.37. The maximum atomic E-state index is 12.8. The van der Waals surface area contributed by atoms with Gasteiger partial charge in [-0.05, 0) is 24.3 Å². The molecule has 1 saturated heterocycles. The number of Topliss-reactive ketones (excluding diaryl/α,β-unsaturated/α-hetero) is 1. The first kappa shape index (κ1) is 13.2. The number of ketones is 1. The molecule has 1 atom stereocenters. The van der Waals surface area contributed by atoms with Crippen LogP contribution in [0, 0.1) is 11.7 Å². The van der Waals surface area contributed by atoms with Crippen LogP contribution in [-0.4, -0.2) is 43.4 Å². The Balaban J connectivity index is 1.93. The van der Waals surface area contributed by atoms with Crippen LogP contribution in [0.5, 0.6) is 0 Å². The van der Waals surface area contributed by atoms with Crippen molar-refractivity contribution in [2.24, 2.45) is 5.92 Å². The van der Waals surface area contributed by atoms with Crippen LogP contribution in [0.1, 0.15) is 17.3 Å². The Morgan fingerprint density at radius 2 is 1.94 bits per heavy atom. The van der Waals surface area contributed by atoms with E-state index in [2.05, 4.69) is 10.2 Å². The summed E-state index contributed by atoms with van der Waals surface area (Å²) in [6, 6.07) is 5.80. The number of hydrogen-bond acceptors (Lipinski definition) is 3. The molecule has 1 aromatic carbocycles. The molecule has 0 spiro atoms. The van der Waals surface area contributed by atoms with Crippen LogP contribution in [0.4, 0.5) is 4.39 Å². The zero-order chi connectivity index (χ0) is 13.0. The zero-order valence-corrected chi connectivity index (χ0v) is 10.7. The second-order valence-corrected chi connectivity index (χ2v) is 4.82. The van der Waals surface area contributed by atoms with E-state index in [9.17, 15) is 9.18 Å². The Bertz CT molecular complexity index is 399. The van der Waals surface area contributed by atoms with Gasteiger partial charge < -0.3 is 10.2 Å². The Morgan fingerprint density at radius 1 is 1.33 bits per heavy atom. The van der Waals surface area contributed by atoms with Gasteiger partial charge in [0.25, 0.3) is 0 Å². The summed E-state index contributed by atoms with van der Waals surface area (Å²) in [5.74, 6) is -0.261. The van der Waals surface area contributed by atoms with Crippen molar-refractivity contribution in [2.45, 2.75) is 6.92 Å². The number of benzene rings is 1. The summed E-state index contributed by atoms with van der Waals surface area (Å²) in [6.45, 7) is 6.66. The van der Waals surface area contributed by atoms with Crippen molar-refractivity contribution in [3.8, 4) is 0 Å². The van der Waals surface area contributed by atoms with Gasteiger partial charge in [0.2, 0.25) is 0 Å². The van der Waals surface area contributed by atoms with Gasteiger partial charge in [-0.25, -0.2) is 4.39 Å². The number of nitrogens with one attached hydrogen (secondary N) is 1. The van der Waals surface area contributed by atoms with Crippen molar-refractivity contribution in [3.63, 3.8) is 0 Å². The number of carbonyl (C=O) groups excluding carboxylic acids is 1. The Kier molecular flexibility index (Phi) is 4.44. The molecule has 1 aliphatic heterocycles. The van der Waals surface area contributed by atoms with Crippen molar-refractivity contribution in [1.29, 1.82) is 0 Å². The molecule has 0 amide bonds. The Morgan fingerprint density at radius 3 is 2.56 bits per heavy atom. The van der Waals surface area contributed by atoms with E-state index in [-0.39, 0.29) is 17.5 Å². The quantitative estimate of drug-likeness (QED) is 0.823. The molecule has 1 fully saturated rings. The van der Waals surface area contributed by atoms with Crippen LogP contribution in [0.15, 0.2) is 24.3 Å². The fraction of sp³-hybridized carbons (Fsp3) is 0.500. The highest BCUT2D eigenvalue weighted by Gasteiger charge is 2.19. The summed E-state index contributed by atoms with van der Waals surface area (Å²) < 4.78 is 12.8. The number of nitrogens with zero attached hydrogens (tertiary/aromatic N) is 1. The van der Waals surface area contributed by atoms with Crippen LogP contribution < -0.4 is 5.32 Å². The van der Waals surface area contributed by atoms with Gasteiger partial charge in [0, 0.05) is 44.2 Å². The molecule has 1 heterocycles. The molecule has 18 heavy (non-hydrogen) atoms. The van der Waals surface area contributed by atoms with Crippen molar-refractivity contribution in [1.82, 2.24) is 10.2 Å². The maximum absolute atomic E-state index is 12.8. The fourth-order valence-electron chi connectivity index (χ4n) is 2.26. The molecule has 0 radical (unpaired) electrons. The highest BCUT2D eigenvalue weighted by atomic mass is 19.1. The van der Waals surface area contributed by atoms with Gasteiger partial charge in [-0.1, -0.05) is 6.92 Å². The summed E-state index contributed by atoms with van der Waals surface area (Å²) in [5, 5.41) is 3.29. The molecule has 98 valence electrons. The molecule has 1 unspecified atom stereocenters. The summed E-state index contributed by atoms with van der Waals surface area (Å²) in [6.07, 6.45) is 0. The van der Waals surface area contributed by atoms with Crippen LogP contribution >= 0.6 is 0 Å². The van der Waals surface area contributed by atoms with Crippen LogP contribution in [-0.2, 0) is 0 Å². The van der Waals surface area contributed by atoms with Gasteiger partial charge in [-0.3, -0.25) is 4.79 Å². The van der Waals surface area contributed by atoms with Gasteiger partial charge in [0.1, 0.15) is 5.82 Å². The van der Waals surface area contributed by atoms with E-state index in [4.69, 9.17) is 0 Å². The molecule has 2 rings (SSSR count). The molecule has 1 aromatic rings. The van der Waals surface area contributed by atoms with E-state index in [0.29, 0.717) is 5.56 Å². The van der Waals surface area contributed by atoms with Gasteiger partial charge in [-0.15, -0.1) is 0 Å². The number of halogens is 1. The lowest BCUT2D eigenvalue weighted by molar-refractivity contribution is 0.0887. The van der Waals surface area contributed by atoms with Crippen molar-refractivity contribution in [3.05, 3.63) is 35.6 Å². The minimum atomic E-state index is -0.304. The molecular formula is C14H19FN2O. The molecule has 0 aliphatic carbocycles. The second-order valence-electron chi connectivity index (χ2n) is 4.82. The minimum absolute atomic E-state index is 0.0476. The minimum Gasteiger partial charge on any atom is -0.314 e. The van der Waals surface area contributed by atoms with Gasteiger partial charge in [0.15, 0.2) is 5.78 Å². The normalized spacial score (nSPS) is 18.6. The predicted molar refractivity (Wildman–Crippen MR) is 69.2 cm³/mol. The van der Waals surface area contributed by atoms with Gasteiger partial charge in [0.05, 0.1) is 0 Å². The van der Waals surface area contributed by atoms with E-state index in [1.165, 1.54) is 12.1 Å². The lowest BCUT2D eigenvalue weighted by atomic mass is 9.98. The SMILES string of the molecule is CC(CN1CCNCC1)C(=O)c1ccc(F)cc1. The van der Waals surface area contributed by atoms with Crippen molar-refractivity contribution >= 4 is 5.78 Å². The highest BCUT2D eigenvalue weighted by molar-refractivity contribution is 5.97. The lowest BCUT2D eigenvalue weighted by Crippen LogP contribution is -2.45. The van der Waals surface area contributed by atoms with Crippen LogP contribution in [0.2, 0.25) is 0 Å². The predicted octanol–water partition coefficient (Wildman–Crippen LogP) is 1.55. The molecule has 0 saturated carbocycles. The summed E-state index contributed by atoms with van der Waals surface area (Å²) in [7, 11) is 0. The number of carbonyl (C=O) groups is 1. The maximum Gasteiger partial charge on any atom is 0.166 e. The smallest absolute Gasteiger partial charge is 0.166 e. The summed E-state index contributed by atoms with van der Waals surface area (Å²) in [5.41, 5.74) is 0.596. The monoisotopic (exact) mass is 250 g/mol. The Labute approximate surface area is 107 Å². The first-order chi connectivity index (χ1) is 8.66. The van der Waals surface area contributed by atoms with Crippen molar-refractivity contribution < 1.29 is 9.18 Å². The zero-order valence-electron chi connectivity index (χ0n) is 10.7. The van der Waals surface area contributed by atoms with E-state index >= 15 is 0 Å². The number of rotatable bonds is 4. The molecule has 3 nitrogen and oxygen atoms in total. The first-order valence-electron chi connectivity index (χ1n) is 6.39. The average molecular weight is 250 g/mol. The van der Waals surface area contributed by atoms with Crippen LogP contribution in [0.3, 0.4) is 0 Å². The van der Waals surface area contributed by atoms with Crippen LogP contribution in [0.25, 0.3) is 0 Å². The highest BCUT2D eigenvalue weighted by Crippen LogP contribution is 2.11. The molecular weight excluding hydrogens is 231 g/mol. The topological polar surface area (TPSA) is 32.3 Å². The lowest BCUT2D eigenvalue weighted by Gasteiger charge is -2.29. The van der Waals surface area contributed by atoms with Crippen molar-refractivity contribution in [2.75, 3.05) is 32.7 Å². The molecule has 4 heteroatoms. The van der Waals surface area contributed by atoms with E-state index in [0.717, 1.165) is 32.7 Å². The van der Waals surface area contributed by atoms with E-state index in [1.807, 2.05) is 6.92 Å². The largest absolute Gasteiger partial charge is 0.314 e. The third-order valence-corrected chi connectivity index (χ3v) is 3.32. The second kappa shape index (κ2) is 6.07. The van der Waals surface area contributed by atoms with Gasteiger partial charge >= 0.3 is 0 Å². The number of piperazine rings is 1. The fourth-order valence-corrected chi connectivity index (χ4v) is 2.26. The average Bonchev–Trinajstić information content (AvgIpc) is 2.40. The summed E-state index contributed by atoms with van der Waals surface area (Å²) >= 11 is 0. The first-order valence-corrected chi connectivity index (χ1v) is 6.39. The number of hydrogen-bond donors (Lipinski definition) is 1.